The first-order valence-electron chi connectivity index (χ1n) is 9.97. The third-order valence-corrected chi connectivity index (χ3v) is 5.17. The number of anilines is 1. The van der Waals surface area contributed by atoms with Crippen LogP contribution in [0.3, 0.4) is 0 Å². The van der Waals surface area contributed by atoms with Gasteiger partial charge in [0.2, 0.25) is 0 Å². The van der Waals surface area contributed by atoms with E-state index in [0.717, 1.165) is 0 Å². The largest absolute Gasteiger partial charge is 0.497 e. The van der Waals surface area contributed by atoms with Gasteiger partial charge in [0.05, 0.1) is 38.2 Å². The molecule has 2 heterocycles. The maximum atomic E-state index is 13.5. The van der Waals surface area contributed by atoms with Crippen LogP contribution >= 0.6 is 0 Å². The second kappa shape index (κ2) is 8.59. The summed E-state index contributed by atoms with van der Waals surface area (Å²) in [6.07, 6.45) is 0. The number of imide groups is 1. The molecule has 1 saturated heterocycles. The molecule has 0 radical (unpaired) electrons. The van der Waals surface area contributed by atoms with E-state index in [2.05, 4.69) is 0 Å². The lowest BCUT2D eigenvalue weighted by molar-refractivity contribution is -0.121. The molecule has 2 amide bonds. The molecule has 1 fully saturated rings. The van der Waals surface area contributed by atoms with Crippen LogP contribution in [-0.2, 0) is 14.3 Å². The molecule has 2 aromatic carbocycles. The van der Waals surface area contributed by atoms with Gasteiger partial charge in [-0.15, -0.1) is 0 Å². The number of hydrogen-bond donors (Lipinski definition) is 0. The van der Waals surface area contributed by atoms with Gasteiger partial charge in [-0.05, 0) is 48.9 Å². The number of morpholine rings is 1. The predicted molar refractivity (Wildman–Crippen MR) is 112 cm³/mol. The second-order valence-electron chi connectivity index (χ2n) is 6.92. The lowest BCUT2D eigenvalue weighted by atomic mass is 10.0. The second-order valence-corrected chi connectivity index (χ2v) is 6.92. The van der Waals surface area contributed by atoms with Crippen LogP contribution in [0.25, 0.3) is 5.57 Å². The Kier molecular flexibility index (Phi) is 5.72. The molecule has 0 spiro atoms. The smallest absolute Gasteiger partial charge is 0.282 e. The summed E-state index contributed by atoms with van der Waals surface area (Å²) < 4.78 is 16.1. The van der Waals surface area contributed by atoms with Gasteiger partial charge in [-0.2, -0.15) is 0 Å². The molecule has 0 unspecified atom stereocenters. The summed E-state index contributed by atoms with van der Waals surface area (Å²) in [5.74, 6) is 0.720. The fourth-order valence-corrected chi connectivity index (χ4v) is 3.71. The van der Waals surface area contributed by atoms with Crippen molar-refractivity contribution >= 4 is 23.1 Å². The first-order valence-corrected chi connectivity index (χ1v) is 9.97. The molecular formula is C23H24N2O5. The van der Waals surface area contributed by atoms with E-state index < -0.39 is 0 Å². The van der Waals surface area contributed by atoms with Crippen LogP contribution in [0.15, 0.2) is 54.2 Å². The summed E-state index contributed by atoms with van der Waals surface area (Å²) in [7, 11) is 1.59. The van der Waals surface area contributed by atoms with Crippen LogP contribution in [0.4, 0.5) is 5.69 Å². The molecule has 30 heavy (non-hydrogen) atoms. The molecule has 2 aliphatic rings. The quantitative estimate of drug-likeness (QED) is 0.685. The van der Waals surface area contributed by atoms with Crippen molar-refractivity contribution < 1.29 is 23.8 Å². The van der Waals surface area contributed by atoms with Crippen LogP contribution in [0, 0.1) is 0 Å². The van der Waals surface area contributed by atoms with Gasteiger partial charge in [-0.3, -0.25) is 9.59 Å². The minimum absolute atomic E-state index is 0.322. The van der Waals surface area contributed by atoms with Gasteiger partial charge in [-0.25, -0.2) is 4.90 Å². The summed E-state index contributed by atoms with van der Waals surface area (Å²) in [4.78, 5) is 30.1. The number of ether oxygens (including phenoxy) is 3. The van der Waals surface area contributed by atoms with Crippen LogP contribution in [-0.4, -0.2) is 56.7 Å². The molecular weight excluding hydrogens is 384 g/mol. The highest BCUT2D eigenvalue weighted by molar-refractivity contribution is 6.45. The standard InChI is InChI=1S/C23H24N2O5/c1-3-30-19-10-6-17(7-11-19)25-22(26)20(16-4-8-18(28-2)9-5-16)21(23(25)27)24-12-14-29-15-13-24/h4-11H,3,12-15H2,1-2H3. The number of methoxy groups -OCH3 is 1. The van der Waals surface area contributed by atoms with Gasteiger partial charge in [0.1, 0.15) is 17.2 Å². The average Bonchev–Trinajstić information content (AvgIpc) is 3.05. The van der Waals surface area contributed by atoms with E-state index in [9.17, 15) is 9.59 Å². The van der Waals surface area contributed by atoms with E-state index in [-0.39, 0.29) is 11.8 Å². The zero-order valence-corrected chi connectivity index (χ0v) is 17.1. The van der Waals surface area contributed by atoms with Crippen molar-refractivity contribution in [3.63, 3.8) is 0 Å². The van der Waals surface area contributed by atoms with Gasteiger partial charge in [0.15, 0.2) is 0 Å². The first-order chi connectivity index (χ1) is 14.6. The fourth-order valence-electron chi connectivity index (χ4n) is 3.71. The van der Waals surface area contributed by atoms with Crippen molar-refractivity contribution in [1.29, 1.82) is 0 Å². The molecule has 0 aromatic heterocycles. The van der Waals surface area contributed by atoms with E-state index in [1.165, 1.54) is 4.90 Å². The molecule has 7 nitrogen and oxygen atoms in total. The molecule has 2 aromatic rings. The number of amides is 2. The fraction of sp³-hybridized carbons (Fsp3) is 0.304. The lowest BCUT2D eigenvalue weighted by Crippen LogP contribution is -2.40. The van der Waals surface area contributed by atoms with Crippen molar-refractivity contribution in [2.45, 2.75) is 6.92 Å². The van der Waals surface area contributed by atoms with E-state index in [0.29, 0.717) is 66.9 Å². The molecule has 4 rings (SSSR count). The zero-order chi connectivity index (χ0) is 21.1. The third-order valence-electron chi connectivity index (χ3n) is 5.17. The van der Waals surface area contributed by atoms with Gasteiger partial charge < -0.3 is 19.1 Å². The molecule has 156 valence electrons. The van der Waals surface area contributed by atoms with E-state index in [1.54, 1.807) is 43.5 Å². The SMILES string of the molecule is CCOc1ccc(N2C(=O)C(c3ccc(OC)cc3)=C(N3CCOCC3)C2=O)cc1. The minimum Gasteiger partial charge on any atom is -0.497 e. The summed E-state index contributed by atoms with van der Waals surface area (Å²) in [6, 6.07) is 14.2. The number of hydrogen-bond acceptors (Lipinski definition) is 6. The van der Waals surface area contributed by atoms with Gasteiger partial charge >= 0.3 is 0 Å². The molecule has 7 heteroatoms. The highest BCUT2D eigenvalue weighted by Crippen LogP contribution is 2.36. The highest BCUT2D eigenvalue weighted by Gasteiger charge is 2.42. The molecule has 2 aliphatic heterocycles. The number of nitrogens with zero attached hydrogens (tertiary/aromatic N) is 2. The van der Waals surface area contributed by atoms with Gasteiger partial charge in [-0.1, -0.05) is 12.1 Å². The number of carbonyl (C=O) groups excluding carboxylic acids is 2. The van der Waals surface area contributed by atoms with Crippen molar-refractivity contribution in [3.05, 3.63) is 59.8 Å². The van der Waals surface area contributed by atoms with E-state index in [4.69, 9.17) is 14.2 Å². The van der Waals surface area contributed by atoms with E-state index >= 15 is 0 Å². The predicted octanol–water partition coefficient (Wildman–Crippen LogP) is 2.71. The normalized spacial score (nSPS) is 17.0. The number of rotatable bonds is 6. The summed E-state index contributed by atoms with van der Waals surface area (Å²) >= 11 is 0. The minimum atomic E-state index is -0.337. The maximum absolute atomic E-state index is 13.5. The van der Waals surface area contributed by atoms with Crippen molar-refractivity contribution in [1.82, 2.24) is 4.90 Å². The first kappa shape index (κ1) is 20.0. The number of carbonyl (C=O) groups is 2. The van der Waals surface area contributed by atoms with Crippen LogP contribution in [0.1, 0.15) is 12.5 Å². The van der Waals surface area contributed by atoms with Crippen LogP contribution < -0.4 is 14.4 Å². The highest BCUT2D eigenvalue weighted by atomic mass is 16.5. The monoisotopic (exact) mass is 408 g/mol. The number of benzene rings is 2. The summed E-state index contributed by atoms with van der Waals surface area (Å²) in [6.45, 7) is 4.61. The summed E-state index contributed by atoms with van der Waals surface area (Å²) in [5, 5.41) is 0. The molecule has 0 bridgehead atoms. The van der Waals surface area contributed by atoms with Crippen LogP contribution in [0.2, 0.25) is 0 Å². The Bertz CT molecular complexity index is 960. The van der Waals surface area contributed by atoms with Gasteiger partial charge in [0, 0.05) is 13.1 Å². The van der Waals surface area contributed by atoms with Crippen molar-refractivity contribution in [2.75, 3.05) is 44.9 Å². The molecule has 0 N–H and O–H groups in total. The Morgan fingerprint density at radius 1 is 0.900 bits per heavy atom. The lowest BCUT2D eigenvalue weighted by Gasteiger charge is -2.29. The van der Waals surface area contributed by atoms with Crippen molar-refractivity contribution in [2.24, 2.45) is 0 Å². The molecule has 0 aliphatic carbocycles. The maximum Gasteiger partial charge on any atom is 0.282 e. The summed E-state index contributed by atoms with van der Waals surface area (Å²) in [5.41, 5.74) is 2.02. The Hall–Kier alpha value is -3.32. The Labute approximate surface area is 175 Å². The third kappa shape index (κ3) is 3.64. The van der Waals surface area contributed by atoms with E-state index in [1.807, 2.05) is 24.0 Å². The van der Waals surface area contributed by atoms with Gasteiger partial charge in [0.25, 0.3) is 11.8 Å². The zero-order valence-electron chi connectivity index (χ0n) is 17.1. The Balaban J connectivity index is 1.74. The molecule has 0 atom stereocenters. The average molecular weight is 408 g/mol. The topological polar surface area (TPSA) is 68.3 Å². The Morgan fingerprint density at radius 3 is 2.13 bits per heavy atom. The van der Waals surface area contributed by atoms with Crippen molar-refractivity contribution in [3.8, 4) is 11.5 Å². The van der Waals surface area contributed by atoms with Crippen LogP contribution in [0.5, 0.6) is 11.5 Å². The molecule has 0 saturated carbocycles. The Morgan fingerprint density at radius 2 is 1.53 bits per heavy atom.